The third kappa shape index (κ3) is 4.67. The van der Waals surface area contributed by atoms with E-state index in [2.05, 4.69) is 46.3 Å². The first-order valence-electron chi connectivity index (χ1n) is 11.5. The van der Waals surface area contributed by atoms with E-state index in [0.717, 1.165) is 18.8 Å². The van der Waals surface area contributed by atoms with Crippen molar-refractivity contribution in [3.63, 3.8) is 0 Å². The monoisotopic (exact) mass is 479 g/mol. The van der Waals surface area contributed by atoms with Crippen LogP contribution in [0, 0.1) is 0 Å². The zero-order valence-corrected chi connectivity index (χ0v) is 20.2. The molecule has 3 heterocycles. The highest BCUT2D eigenvalue weighted by Gasteiger charge is 2.22. The molecule has 34 heavy (non-hydrogen) atoms. The smallest absolute Gasteiger partial charge is 0.206 e. The number of ketones is 1. The molecule has 8 nitrogen and oxygen atoms in total. The van der Waals surface area contributed by atoms with Crippen LogP contribution in [-0.4, -0.2) is 62.1 Å². The minimum atomic E-state index is -0.184. The van der Waals surface area contributed by atoms with Crippen molar-refractivity contribution in [2.75, 3.05) is 56.3 Å². The first kappa shape index (κ1) is 22.5. The molecule has 3 aromatic rings. The lowest BCUT2D eigenvalue weighted by Gasteiger charge is -2.36. The molecule has 1 fully saturated rings. The van der Waals surface area contributed by atoms with Gasteiger partial charge in [-0.1, -0.05) is 11.3 Å². The summed E-state index contributed by atoms with van der Waals surface area (Å²) < 4.78 is 11.1. The van der Waals surface area contributed by atoms with E-state index in [9.17, 15) is 4.79 Å². The Bertz CT molecular complexity index is 1170. The van der Waals surface area contributed by atoms with E-state index in [4.69, 9.17) is 15.2 Å². The highest BCUT2D eigenvalue weighted by Crippen LogP contribution is 2.34. The number of benzene rings is 2. The molecule has 0 spiro atoms. The maximum Gasteiger partial charge on any atom is 0.206 e. The van der Waals surface area contributed by atoms with Gasteiger partial charge in [0.1, 0.15) is 23.9 Å². The van der Waals surface area contributed by atoms with Crippen molar-refractivity contribution in [2.45, 2.75) is 18.9 Å². The molecule has 2 aliphatic heterocycles. The number of fused-ring (bicyclic) bond motifs is 1. The first-order chi connectivity index (χ1) is 16.5. The standard InChI is InChI=1S/C25H29N5O3S/c1-29(2)18-9-11-30(12-10-18)19-6-4-17(5-7-19)27-25-28-24(26)23(34-25)22(31)16-3-8-20-21(15-16)33-14-13-32-20/h3-8,15,18H,9-14,26H2,1-2H3,(H,27,28). The average Bonchev–Trinajstić information content (AvgIpc) is 3.23. The van der Waals surface area contributed by atoms with Crippen LogP contribution in [0.1, 0.15) is 28.1 Å². The van der Waals surface area contributed by atoms with Crippen LogP contribution in [0.5, 0.6) is 11.5 Å². The van der Waals surface area contributed by atoms with Crippen LogP contribution in [-0.2, 0) is 0 Å². The summed E-state index contributed by atoms with van der Waals surface area (Å²) in [6.45, 7) is 3.09. The third-order valence-corrected chi connectivity index (χ3v) is 7.33. The van der Waals surface area contributed by atoms with E-state index in [0.29, 0.717) is 46.3 Å². The minimum Gasteiger partial charge on any atom is -0.486 e. The normalized spacial score (nSPS) is 16.0. The summed E-state index contributed by atoms with van der Waals surface area (Å²) in [5.41, 5.74) is 8.71. The molecule has 0 unspecified atom stereocenters. The summed E-state index contributed by atoms with van der Waals surface area (Å²) >= 11 is 1.25. The Balaban J connectivity index is 1.25. The number of carbonyl (C=O) groups excluding carboxylic acids is 1. The van der Waals surface area contributed by atoms with E-state index in [1.807, 2.05) is 12.1 Å². The molecule has 5 rings (SSSR count). The third-order valence-electron chi connectivity index (χ3n) is 6.34. The molecule has 0 atom stereocenters. The van der Waals surface area contributed by atoms with Crippen molar-refractivity contribution in [2.24, 2.45) is 0 Å². The Labute approximate surface area is 203 Å². The number of thiazole rings is 1. The molecule has 0 radical (unpaired) electrons. The van der Waals surface area contributed by atoms with Crippen molar-refractivity contribution in [1.29, 1.82) is 0 Å². The van der Waals surface area contributed by atoms with Crippen LogP contribution in [0.15, 0.2) is 42.5 Å². The Hall–Kier alpha value is -3.30. The number of hydrogen-bond acceptors (Lipinski definition) is 9. The van der Waals surface area contributed by atoms with Gasteiger partial charge in [0.2, 0.25) is 5.78 Å². The van der Waals surface area contributed by atoms with E-state index in [1.165, 1.54) is 29.9 Å². The second kappa shape index (κ2) is 9.52. The molecular weight excluding hydrogens is 450 g/mol. The number of piperidine rings is 1. The van der Waals surface area contributed by atoms with Gasteiger partial charge in [0, 0.05) is 36.1 Å². The molecule has 1 aromatic heterocycles. The van der Waals surface area contributed by atoms with Crippen molar-refractivity contribution < 1.29 is 14.3 Å². The predicted octanol–water partition coefficient (Wildman–Crippen LogP) is 4.00. The Kier molecular flexibility index (Phi) is 6.30. The van der Waals surface area contributed by atoms with Gasteiger partial charge in [-0.3, -0.25) is 4.79 Å². The maximum atomic E-state index is 13.1. The number of nitrogen functional groups attached to an aromatic ring is 1. The molecule has 0 bridgehead atoms. The molecule has 0 aliphatic carbocycles. The SMILES string of the molecule is CN(C)C1CCN(c2ccc(Nc3nc(N)c(C(=O)c4ccc5c(c4)OCCO5)s3)cc2)CC1. The number of nitrogens with zero attached hydrogens (tertiary/aromatic N) is 3. The van der Waals surface area contributed by atoms with Crippen molar-refractivity contribution >= 4 is 39.4 Å². The van der Waals surface area contributed by atoms with Gasteiger partial charge < -0.3 is 30.3 Å². The van der Waals surface area contributed by atoms with E-state index in [-0.39, 0.29) is 11.6 Å². The Morgan fingerprint density at radius 2 is 1.79 bits per heavy atom. The van der Waals surface area contributed by atoms with Crippen LogP contribution in [0.3, 0.4) is 0 Å². The highest BCUT2D eigenvalue weighted by atomic mass is 32.1. The largest absolute Gasteiger partial charge is 0.486 e. The van der Waals surface area contributed by atoms with Crippen molar-refractivity contribution in [3.8, 4) is 11.5 Å². The molecule has 0 amide bonds. The summed E-state index contributed by atoms with van der Waals surface area (Å²) in [7, 11) is 4.31. The van der Waals surface area contributed by atoms with Gasteiger partial charge in [0.05, 0.1) is 0 Å². The van der Waals surface area contributed by atoms with E-state index >= 15 is 0 Å². The second-order valence-corrected chi connectivity index (χ2v) is 9.77. The van der Waals surface area contributed by atoms with Crippen LogP contribution in [0.2, 0.25) is 0 Å². The zero-order valence-electron chi connectivity index (χ0n) is 19.4. The van der Waals surface area contributed by atoms with Crippen LogP contribution >= 0.6 is 11.3 Å². The Morgan fingerprint density at radius 3 is 2.50 bits per heavy atom. The highest BCUT2D eigenvalue weighted by molar-refractivity contribution is 7.18. The summed E-state index contributed by atoms with van der Waals surface area (Å²) in [6, 6.07) is 14.1. The van der Waals surface area contributed by atoms with Crippen LogP contribution < -0.4 is 25.4 Å². The van der Waals surface area contributed by atoms with Crippen LogP contribution in [0.4, 0.5) is 22.3 Å². The van der Waals surface area contributed by atoms with Gasteiger partial charge >= 0.3 is 0 Å². The molecule has 0 saturated carbocycles. The lowest BCUT2D eigenvalue weighted by molar-refractivity contribution is 0.104. The molecule has 3 N–H and O–H groups in total. The fourth-order valence-electron chi connectivity index (χ4n) is 4.38. The number of nitrogens with one attached hydrogen (secondary N) is 1. The second-order valence-electron chi connectivity index (χ2n) is 8.77. The summed E-state index contributed by atoms with van der Waals surface area (Å²) in [5, 5.41) is 3.86. The fourth-order valence-corrected chi connectivity index (χ4v) is 5.25. The summed E-state index contributed by atoms with van der Waals surface area (Å²) in [4.78, 5) is 22.6. The Morgan fingerprint density at radius 1 is 1.09 bits per heavy atom. The number of rotatable bonds is 6. The lowest BCUT2D eigenvalue weighted by atomic mass is 10.0. The number of aromatic nitrogens is 1. The number of hydrogen-bond donors (Lipinski definition) is 2. The number of anilines is 4. The average molecular weight is 480 g/mol. The summed E-state index contributed by atoms with van der Waals surface area (Å²) in [6.07, 6.45) is 2.34. The first-order valence-corrected chi connectivity index (χ1v) is 12.3. The molecular formula is C25H29N5O3S. The van der Waals surface area contributed by atoms with Gasteiger partial charge in [-0.15, -0.1) is 0 Å². The zero-order chi connectivity index (χ0) is 23.7. The lowest BCUT2D eigenvalue weighted by Crippen LogP contribution is -2.41. The molecule has 178 valence electrons. The van der Waals surface area contributed by atoms with Crippen molar-refractivity contribution in [3.05, 3.63) is 52.9 Å². The quantitative estimate of drug-likeness (QED) is 0.513. The summed E-state index contributed by atoms with van der Waals surface area (Å²) in [5.74, 6) is 1.25. The van der Waals surface area contributed by atoms with Crippen LogP contribution in [0.25, 0.3) is 0 Å². The molecule has 9 heteroatoms. The number of nitrogens with two attached hydrogens (primary N) is 1. The van der Waals surface area contributed by atoms with E-state index < -0.39 is 0 Å². The van der Waals surface area contributed by atoms with Gasteiger partial charge in [-0.2, -0.15) is 0 Å². The van der Waals surface area contributed by atoms with Gasteiger partial charge in [-0.25, -0.2) is 4.98 Å². The number of carbonyl (C=O) groups is 1. The van der Waals surface area contributed by atoms with E-state index in [1.54, 1.807) is 18.2 Å². The predicted molar refractivity (Wildman–Crippen MR) is 136 cm³/mol. The molecule has 2 aromatic carbocycles. The molecule has 1 saturated heterocycles. The van der Waals surface area contributed by atoms with Gasteiger partial charge in [0.15, 0.2) is 16.6 Å². The minimum absolute atomic E-state index is 0.184. The van der Waals surface area contributed by atoms with Gasteiger partial charge in [-0.05, 0) is 69.4 Å². The fraction of sp³-hybridized carbons (Fsp3) is 0.360. The van der Waals surface area contributed by atoms with Gasteiger partial charge in [0.25, 0.3) is 0 Å². The number of ether oxygens (including phenoxy) is 2. The maximum absolute atomic E-state index is 13.1. The topological polar surface area (TPSA) is 93.0 Å². The molecule has 2 aliphatic rings. The van der Waals surface area contributed by atoms with Crippen molar-refractivity contribution in [1.82, 2.24) is 9.88 Å².